The first-order valence-electron chi connectivity index (χ1n) is 16.9. The van der Waals surface area contributed by atoms with Crippen molar-refractivity contribution >= 4 is 27.5 Å². The van der Waals surface area contributed by atoms with Crippen molar-refractivity contribution in [1.29, 1.82) is 0 Å². The third kappa shape index (κ3) is 4.72. The van der Waals surface area contributed by atoms with E-state index in [-0.39, 0.29) is 28.2 Å². The largest absolute Gasteiger partial charge is 0.463 e. The highest BCUT2D eigenvalue weighted by atomic mass is 19.1. The molecule has 0 spiro atoms. The summed E-state index contributed by atoms with van der Waals surface area (Å²) < 4.78 is 38.1. The number of benzene rings is 2. The molecule has 4 bridgehead atoms. The van der Waals surface area contributed by atoms with Crippen molar-refractivity contribution < 1.29 is 13.5 Å². The zero-order valence-electron chi connectivity index (χ0n) is 25.9. The number of anilines is 1. The molecule has 1 N–H and O–H groups in total. The Bertz CT molecular complexity index is 1880. The lowest BCUT2D eigenvalue weighted by Crippen LogP contribution is -2.51. The number of aromatic nitrogens is 3. The number of hydrogen-bond acceptors (Lipinski definition) is 7. The third-order valence-electron chi connectivity index (χ3n) is 11.4. The standard InChI is InChI=1S/C37H38F2N6O/c1-2-27-30(38)14-9-22-5-3-8-28(31(22)27)33-32(39)34-29(17-40-33)35(44-18-23-10-11-24(19-44)41-23)43-36(42-34)46-21-37(15-16-37)20-45-25-6-4-7-26(45)13-12-25/h1,3,5,8-9,14,17,23-26,41H,4,6-7,10-13,15-16,18-21H2/t23-,24+,25?,26?. The second-order valence-electron chi connectivity index (χ2n) is 14.3. The SMILES string of the molecule is C#Cc1c(F)ccc2cccc(-c3ncc4c(N5C[C@H]6CC[C@@H](C5)N6)nc(OCC5(CN6C7CCCC6CC7)CC5)nc4c3F)c12. The van der Waals surface area contributed by atoms with Crippen molar-refractivity contribution in [2.75, 3.05) is 31.1 Å². The Morgan fingerprint density at radius 2 is 1.76 bits per heavy atom. The number of piperidine rings is 1. The van der Waals surface area contributed by atoms with Crippen LogP contribution in [0.3, 0.4) is 0 Å². The number of hydrogen-bond donors (Lipinski definition) is 1. The summed E-state index contributed by atoms with van der Waals surface area (Å²) in [4.78, 5) is 19.3. The van der Waals surface area contributed by atoms with Gasteiger partial charge in [-0.25, -0.2) is 8.78 Å². The molecule has 7 nitrogen and oxygen atoms in total. The number of terminal acetylenes is 1. The summed E-state index contributed by atoms with van der Waals surface area (Å²) in [7, 11) is 0. The van der Waals surface area contributed by atoms with Crippen LogP contribution in [-0.4, -0.2) is 70.3 Å². The number of piperazine rings is 1. The summed E-state index contributed by atoms with van der Waals surface area (Å²) in [5.41, 5.74) is 0.863. The Labute approximate surface area is 267 Å². The molecule has 4 saturated heterocycles. The van der Waals surface area contributed by atoms with Crippen LogP contribution in [0.15, 0.2) is 36.5 Å². The first-order chi connectivity index (χ1) is 22.5. The summed E-state index contributed by atoms with van der Waals surface area (Å²) in [6, 6.07) is 10.7. The van der Waals surface area contributed by atoms with Gasteiger partial charge in [0, 0.05) is 66.4 Å². The van der Waals surface area contributed by atoms with Crippen molar-refractivity contribution in [2.45, 2.75) is 82.0 Å². The van der Waals surface area contributed by atoms with Gasteiger partial charge in [-0.05, 0) is 62.8 Å². The van der Waals surface area contributed by atoms with Gasteiger partial charge in [0.1, 0.15) is 22.8 Å². The second kappa shape index (κ2) is 10.9. The topological polar surface area (TPSA) is 66.4 Å². The van der Waals surface area contributed by atoms with Crippen molar-refractivity contribution in [3.63, 3.8) is 0 Å². The Kier molecular flexibility index (Phi) is 6.69. The fourth-order valence-electron chi connectivity index (χ4n) is 8.79. The number of pyridine rings is 1. The average molecular weight is 621 g/mol. The number of ether oxygens (including phenoxy) is 1. The Morgan fingerprint density at radius 3 is 2.50 bits per heavy atom. The van der Waals surface area contributed by atoms with Gasteiger partial charge in [-0.2, -0.15) is 9.97 Å². The molecule has 6 heterocycles. The molecule has 4 atom stereocenters. The number of fused-ring (bicyclic) bond motifs is 6. The van der Waals surface area contributed by atoms with E-state index in [1.807, 2.05) is 6.07 Å². The van der Waals surface area contributed by atoms with Gasteiger partial charge in [0.2, 0.25) is 0 Å². The van der Waals surface area contributed by atoms with Gasteiger partial charge in [-0.3, -0.25) is 9.88 Å². The van der Waals surface area contributed by atoms with Crippen molar-refractivity contribution in [3.05, 3.63) is 53.7 Å². The van der Waals surface area contributed by atoms with Crippen LogP contribution in [0.4, 0.5) is 14.6 Å². The monoisotopic (exact) mass is 620 g/mol. The quantitative estimate of drug-likeness (QED) is 0.246. The minimum Gasteiger partial charge on any atom is -0.463 e. The Balaban J connectivity index is 1.11. The van der Waals surface area contributed by atoms with Crippen LogP contribution < -0.4 is 15.0 Å². The maximum Gasteiger partial charge on any atom is 0.319 e. The lowest BCUT2D eigenvalue weighted by molar-refractivity contribution is 0.0882. The summed E-state index contributed by atoms with van der Waals surface area (Å²) in [6.07, 6.45) is 18.4. The van der Waals surface area contributed by atoms with Crippen molar-refractivity contribution in [1.82, 2.24) is 25.2 Å². The van der Waals surface area contributed by atoms with E-state index in [2.05, 4.69) is 26.0 Å². The van der Waals surface area contributed by atoms with E-state index in [0.29, 0.717) is 58.3 Å². The van der Waals surface area contributed by atoms with Crippen LogP contribution in [0.25, 0.3) is 32.9 Å². The molecular formula is C37H38F2N6O. The molecule has 9 heteroatoms. The van der Waals surface area contributed by atoms with Gasteiger partial charge in [0.15, 0.2) is 5.82 Å². The van der Waals surface area contributed by atoms with Gasteiger partial charge in [0.05, 0.1) is 17.6 Å². The van der Waals surface area contributed by atoms with Crippen molar-refractivity contribution in [2.24, 2.45) is 5.41 Å². The minimum atomic E-state index is -0.588. The molecule has 1 aliphatic carbocycles. The highest BCUT2D eigenvalue weighted by Gasteiger charge is 2.49. The fourth-order valence-corrected chi connectivity index (χ4v) is 8.79. The fraction of sp³-hybridized carbons (Fsp3) is 0.486. The molecule has 1 saturated carbocycles. The number of nitrogens with zero attached hydrogens (tertiary/aromatic N) is 5. The van der Waals surface area contributed by atoms with Gasteiger partial charge in [0.25, 0.3) is 0 Å². The minimum absolute atomic E-state index is 0.0791. The maximum atomic E-state index is 16.8. The molecule has 2 aromatic carbocycles. The molecule has 0 radical (unpaired) electrons. The van der Waals surface area contributed by atoms with E-state index >= 15 is 4.39 Å². The molecule has 2 aromatic heterocycles. The highest BCUT2D eigenvalue weighted by molar-refractivity contribution is 6.02. The molecular weight excluding hydrogens is 582 g/mol. The first-order valence-corrected chi connectivity index (χ1v) is 16.9. The molecule has 236 valence electrons. The summed E-state index contributed by atoms with van der Waals surface area (Å²) in [5, 5.41) is 5.40. The molecule has 5 aliphatic rings. The van der Waals surface area contributed by atoms with Gasteiger partial charge in [-0.15, -0.1) is 6.42 Å². The number of nitrogens with one attached hydrogen (secondary N) is 1. The van der Waals surface area contributed by atoms with E-state index in [1.165, 1.54) is 38.2 Å². The van der Waals surface area contributed by atoms with E-state index in [1.54, 1.807) is 24.4 Å². The van der Waals surface area contributed by atoms with E-state index in [0.717, 1.165) is 45.3 Å². The van der Waals surface area contributed by atoms with Crippen molar-refractivity contribution in [3.8, 4) is 29.6 Å². The summed E-state index contributed by atoms with van der Waals surface area (Å²) in [6.45, 7) is 3.14. The third-order valence-corrected chi connectivity index (χ3v) is 11.4. The second-order valence-corrected chi connectivity index (χ2v) is 14.3. The van der Waals surface area contributed by atoms with Crippen LogP contribution in [-0.2, 0) is 0 Å². The van der Waals surface area contributed by atoms with Gasteiger partial charge < -0.3 is 15.0 Å². The highest BCUT2D eigenvalue weighted by Crippen LogP contribution is 2.50. The molecule has 2 unspecified atom stereocenters. The predicted octanol–water partition coefficient (Wildman–Crippen LogP) is 6.22. The molecule has 4 aromatic rings. The normalized spacial score (nSPS) is 26.5. The summed E-state index contributed by atoms with van der Waals surface area (Å²) >= 11 is 0. The lowest BCUT2D eigenvalue weighted by Gasteiger charge is -2.37. The zero-order chi connectivity index (χ0) is 31.0. The van der Waals surface area contributed by atoms with Crippen LogP contribution >= 0.6 is 0 Å². The number of halogens is 2. The Hall–Kier alpha value is -3.87. The van der Waals surface area contributed by atoms with Crippen LogP contribution in [0, 0.1) is 29.4 Å². The average Bonchev–Trinajstić information content (AvgIpc) is 3.72. The van der Waals surface area contributed by atoms with Gasteiger partial charge in [-0.1, -0.05) is 36.6 Å². The predicted molar refractivity (Wildman–Crippen MR) is 175 cm³/mol. The smallest absolute Gasteiger partial charge is 0.319 e. The van der Waals surface area contributed by atoms with E-state index < -0.39 is 11.6 Å². The number of rotatable bonds is 7. The van der Waals surface area contributed by atoms with Crippen LogP contribution in [0.5, 0.6) is 6.01 Å². The molecule has 9 rings (SSSR count). The Morgan fingerprint density at radius 1 is 0.978 bits per heavy atom. The summed E-state index contributed by atoms with van der Waals surface area (Å²) in [5.74, 6) is 2.01. The molecule has 4 aliphatic heterocycles. The van der Waals surface area contributed by atoms with E-state index in [4.69, 9.17) is 21.1 Å². The van der Waals surface area contributed by atoms with Gasteiger partial charge >= 0.3 is 6.01 Å². The maximum absolute atomic E-state index is 16.8. The van der Waals surface area contributed by atoms with Crippen LogP contribution in [0.2, 0.25) is 0 Å². The molecule has 46 heavy (non-hydrogen) atoms. The lowest BCUT2D eigenvalue weighted by atomic mass is 9.96. The molecule has 0 amide bonds. The first kappa shape index (κ1) is 28.4. The van der Waals surface area contributed by atoms with Crippen LogP contribution in [0.1, 0.15) is 63.4 Å². The zero-order valence-corrected chi connectivity index (χ0v) is 25.9. The van der Waals surface area contributed by atoms with E-state index in [9.17, 15) is 4.39 Å². The molecule has 5 fully saturated rings.